The molecule has 0 saturated carbocycles. The van der Waals surface area contributed by atoms with E-state index < -0.39 is 10.0 Å². The summed E-state index contributed by atoms with van der Waals surface area (Å²) in [5.74, 6) is -0.128. The average Bonchev–Trinajstić information content (AvgIpc) is 2.70. The van der Waals surface area contributed by atoms with Gasteiger partial charge in [0.05, 0.1) is 16.5 Å². The lowest BCUT2D eigenvalue weighted by atomic mass is 10.1. The number of carbonyl (C=O) groups is 1. The standard InChI is InChI=1S/C20H23Cl2N3O3S/c1-2-29(27,28)25-10-8-24(9-11-25)14-15-4-3-5-16(12-15)20(26)23-19-7-6-17(21)13-18(19)22/h3-7,12-13H,2,8-11,14H2,1H3,(H,23,26). The molecule has 3 rings (SSSR count). The Kier molecular flexibility index (Phi) is 7.19. The molecule has 2 aromatic rings. The van der Waals surface area contributed by atoms with E-state index in [1.807, 2.05) is 18.2 Å². The highest BCUT2D eigenvalue weighted by atomic mass is 35.5. The number of hydrogen-bond donors (Lipinski definition) is 1. The lowest BCUT2D eigenvalue weighted by molar-refractivity contribution is 0.102. The Morgan fingerprint density at radius 2 is 1.79 bits per heavy atom. The van der Waals surface area contributed by atoms with E-state index in [2.05, 4.69) is 10.2 Å². The largest absolute Gasteiger partial charge is 0.321 e. The molecule has 0 bridgehead atoms. The van der Waals surface area contributed by atoms with Gasteiger partial charge >= 0.3 is 0 Å². The van der Waals surface area contributed by atoms with Crippen LogP contribution in [0.1, 0.15) is 22.8 Å². The SMILES string of the molecule is CCS(=O)(=O)N1CCN(Cc2cccc(C(=O)Nc3ccc(Cl)cc3Cl)c2)CC1. The fraction of sp³-hybridized carbons (Fsp3) is 0.350. The van der Waals surface area contributed by atoms with Crippen LogP contribution in [-0.2, 0) is 16.6 Å². The van der Waals surface area contributed by atoms with Crippen LogP contribution in [0.3, 0.4) is 0 Å². The van der Waals surface area contributed by atoms with Crippen molar-refractivity contribution in [3.8, 4) is 0 Å². The van der Waals surface area contributed by atoms with Gasteiger partial charge in [-0.2, -0.15) is 4.31 Å². The van der Waals surface area contributed by atoms with Gasteiger partial charge in [-0.3, -0.25) is 9.69 Å². The molecule has 1 N–H and O–H groups in total. The molecule has 1 aliphatic rings. The predicted molar refractivity (Wildman–Crippen MR) is 117 cm³/mol. The number of carbonyl (C=O) groups excluding carboxylic acids is 1. The van der Waals surface area contributed by atoms with Gasteiger partial charge in [-0.25, -0.2) is 8.42 Å². The predicted octanol–water partition coefficient (Wildman–Crippen LogP) is 3.71. The third-order valence-corrected chi connectivity index (χ3v) is 7.29. The molecule has 1 amide bonds. The Morgan fingerprint density at radius 1 is 1.07 bits per heavy atom. The van der Waals surface area contributed by atoms with Crippen LogP contribution in [0.25, 0.3) is 0 Å². The van der Waals surface area contributed by atoms with Crippen molar-refractivity contribution in [3.05, 3.63) is 63.6 Å². The Hall–Kier alpha value is -1.64. The summed E-state index contributed by atoms with van der Waals surface area (Å²) in [5, 5.41) is 3.68. The summed E-state index contributed by atoms with van der Waals surface area (Å²) in [6.07, 6.45) is 0. The third kappa shape index (κ3) is 5.71. The highest BCUT2D eigenvalue weighted by Crippen LogP contribution is 2.26. The molecule has 1 saturated heterocycles. The number of piperazine rings is 1. The smallest absolute Gasteiger partial charge is 0.255 e. The number of amides is 1. The zero-order valence-corrected chi connectivity index (χ0v) is 18.4. The first-order chi connectivity index (χ1) is 13.8. The molecule has 0 aromatic heterocycles. The summed E-state index contributed by atoms with van der Waals surface area (Å²) in [6, 6.07) is 12.3. The quantitative estimate of drug-likeness (QED) is 0.720. The molecule has 0 radical (unpaired) electrons. The van der Waals surface area contributed by atoms with E-state index in [0.717, 1.165) is 5.56 Å². The van der Waals surface area contributed by atoms with Crippen molar-refractivity contribution < 1.29 is 13.2 Å². The van der Waals surface area contributed by atoms with Gasteiger partial charge in [0.15, 0.2) is 0 Å². The Morgan fingerprint density at radius 3 is 2.45 bits per heavy atom. The van der Waals surface area contributed by atoms with E-state index in [0.29, 0.717) is 54.0 Å². The van der Waals surface area contributed by atoms with E-state index in [-0.39, 0.29) is 11.7 Å². The van der Waals surface area contributed by atoms with Crippen LogP contribution in [0.5, 0.6) is 0 Å². The van der Waals surface area contributed by atoms with Crippen molar-refractivity contribution in [1.82, 2.24) is 9.21 Å². The second kappa shape index (κ2) is 9.45. The van der Waals surface area contributed by atoms with Crippen LogP contribution in [0.2, 0.25) is 10.0 Å². The fourth-order valence-corrected chi connectivity index (χ4v) is 4.74. The first-order valence-electron chi connectivity index (χ1n) is 9.34. The van der Waals surface area contributed by atoms with E-state index in [4.69, 9.17) is 23.2 Å². The number of halogens is 2. The molecule has 9 heteroatoms. The zero-order valence-electron chi connectivity index (χ0n) is 16.1. The van der Waals surface area contributed by atoms with Gasteiger partial charge < -0.3 is 5.32 Å². The molecule has 0 aliphatic carbocycles. The number of sulfonamides is 1. The van der Waals surface area contributed by atoms with Crippen LogP contribution in [0.15, 0.2) is 42.5 Å². The summed E-state index contributed by atoms with van der Waals surface area (Å²) in [4.78, 5) is 14.8. The molecule has 1 heterocycles. The maximum Gasteiger partial charge on any atom is 0.255 e. The van der Waals surface area contributed by atoms with Gasteiger partial charge in [0.25, 0.3) is 5.91 Å². The Bertz CT molecular complexity index is 990. The minimum absolute atomic E-state index is 0.127. The van der Waals surface area contributed by atoms with E-state index in [1.165, 1.54) is 0 Å². The van der Waals surface area contributed by atoms with Crippen molar-refractivity contribution in [2.45, 2.75) is 13.5 Å². The highest BCUT2D eigenvalue weighted by molar-refractivity contribution is 7.89. The van der Waals surface area contributed by atoms with E-state index in [1.54, 1.807) is 35.5 Å². The third-order valence-electron chi connectivity index (χ3n) is 4.86. The first-order valence-corrected chi connectivity index (χ1v) is 11.7. The molecule has 0 unspecified atom stereocenters. The summed E-state index contributed by atoms with van der Waals surface area (Å²) in [6.45, 7) is 4.63. The van der Waals surface area contributed by atoms with Crippen molar-refractivity contribution in [2.24, 2.45) is 0 Å². The first kappa shape index (κ1) is 22.1. The zero-order chi connectivity index (χ0) is 21.0. The van der Waals surface area contributed by atoms with E-state index in [9.17, 15) is 13.2 Å². The number of nitrogens with zero attached hydrogens (tertiary/aromatic N) is 2. The van der Waals surface area contributed by atoms with Crippen molar-refractivity contribution in [1.29, 1.82) is 0 Å². The number of nitrogens with one attached hydrogen (secondary N) is 1. The monoisotopic (exact) mass is 455 g/mol. The van der Waals surface area contributed by atoms with Gasteiger partial charge in [0.1, 0.15) is 0 Å². The Labute approximate surface area is 181 Å². The molecule has 1 fully saturated rings. The average molecular weight is 456 g/mol. The second-order valence-corrected chi connectivity index (χ2v) is 9.96. The second-order valence-electron chi connectivity index (χ2n) is 6.85. The molecule has 0 atom stereocenters. The minimum Gasteiger partial charge on any atom is -0.321 e. The summed E-state index contributed by atoms with van der Waals surface area (Å²) in [5.41, 5.74) is 2.02. The summed E-state index contributed by atoms with van der Waals surface area (Å²) < 4.78 is 25.5. The summed E-state index contributed by atoms with van der Waals surface area (Å²) in [7, 11) is -3.14. The van der Waals surface area contributed by atoms with Crippen molar-refractivity contribution in [3.63, 3.8) is 0 Å². The minimum atomic E-state index is -3.14. The number of hydrogen-bond acceptors (Lipinski definition) is 4. The number of benzene rings is 2. The molecular weight excluding hydrogens is 433 g/mol. The molecule has 1 aliphatic heterocycles. The van der Waals surface area contributed by atoms with Crippen molar-refractivity contribution in [2.75, 3.05) is 37.2 Å². The topological polar surface area (TPSA) is 69.7 Å². The summed E-state index contributed by atoms with van der Waals surface area (Å²) >= 11 is 12.0. The van der Waals surface area contributed by atoms with Gasteiger partial charge in [-0.15, -0.1) is 0 Å². The molecule has 29 heavy (non-hydrogen) atoms. The maximum absolute atomic E-state index is 12.6. The molecular formula is C20H23Cl2N3O3S. The molecule has 6 nitrogen and oxygen atoms in total. The molecule has 2 aromatic carbocycles. The fourth-order valence-electron chi connectivity index (χ4n) is 3.20. The number of rotatable bonds is 6. The molecule has 0 spiro atoms. The molecule has 156 valence electrons. The lowest BCUT2D eigenvalue weighted by Gasteiger charge is -2.33. The van der Waals surface area contributed by atoms with Gasteiger partial charge in [-0.05, 0) is 42.8 Å². The maximum atomic E-state index is 12.6. The Balaban J connectivity index is 1.62. The van der Waals surface area contributed by atoms with Crippen LogP contribution in [0, 0.1) is 0 Å². The lowest BCUT2D eigenvalue weighted by Crippen LogP contribution is -2.48. The van der Waals surface area contributed by atoms with Crippen LogP contribution in [-0.4, -0.2) is 55.5 Å². The van der Waals surface area contributed by atoms with Crippen LogP contribution < -0.4 is 5.32 Å². The van der Waals surface area contributed by atoms with E-state index >= 15 is 0 Å². The van der Waals surface area contributed by atoms with Crippen LogP contribution in [0.4, 0.5) is 5.69 Å². The normalized spacial score (nSPS) is 16.0. The van der Waals surface area contributed by atoms with Gasteiger partial charge in [0.2, 0.25) is 10.0 Å². The van der Waals surface area contributed by atoms with Gasteiger partial charge in [0, 0.05) is 43.3 Å². The van der Waals surface area contributed by atoms with Crippen molar-refractivity contribution >= 4 is 44.8 Å². The van der Waals surface area contributed by atoms with Gasteiger partial charge in [-0.1, -0.05) is 35.3 Å². The van der Waals surface area contributed by atoms with Crippen LogP contribution >= 0.6 is 23.2 Å². The highest BCUT2D eigenvalue weighted by Gasteiger charge is 2.25. The number of anilines is 1.